The smallest absolute Gasteiger partial charge is 0.416 e. The van der Waals surface area contributed by atoms with Crippen LogP contribution >= 0.6 is 0 Å². The Morgan fingerprint density at radius 3 is 2.49 bits per heavy atom. The van der Waals surface area contributed by atoms with Crippen LogP contribution in [0.25, 0.3) is 10.9 Å². The molecule has 0 aliphatic heterocycles. The minimum absolute atomic E-state index is 0.00941. The van der Waals surface area contributed by atoms with Crippen molar-refractivity contribution < 1.29 is 27.8 Å². The third-order valence-corrected chi connectivity index (χ3v) is 5.94. The lowest BCUT2D eigenvalue weighted by atomic mass is 9.96. The molecule has 0 radical (unpaired) electrons. The van der Waals surface area contributed by atoms with Gasteiger partial charge < -0.3 is 25.4 Å². The first-order valence-electron chi connectivity index (χ1n) is 12.7. The van der Waals surface area contributed by atoms with Crippen molar-refractivity contribution in [1.82, 2.24) is 14.9 Å². The third kappa shape index (κ3) is 7.80. The summed E-state index contributed by atoms with van der Waals surface area (Å²) in [5.74, 6) is 0.395. The molecule has 0 saturated heterocycles. The van der Waals surface area contributed by atoms with E-state index in [1.807, 2.05) is 19.0 Å². The fourth-order valence-electron chi connectivity index (χ4n) is 3.99. The highest BCUT2D eigenvalue weighted by Gasteiger charge is 2.30. The number of hydrogen-bond acceptors (Lipinski definition) is 7. The standard InChI is InChI=1S/C30H30F3N5O3/c1-29(2,40)24-17-22(41-21-8-5-7-19(15-21)30(31,32)33)11-13-26(24)37-28-23-16-20(10-12-25(23)34-18-35-28)36-27(39)9-6-14-38(3)4/h5-13,15-18,40H,14H2,1-4H3,(H,36,39)(H,34,35,37)/b9-6+. The van der Waals surface area contributed by atoms with Gasteiger partial charge in [0, 0.05) is 34.9 Å². The Labute approximate surface area is 235 Å². The normalized spacial score (nSPS) is 12.2. The molecule has 0 atom stereocenters. The van der Waals surface area contributed by atoms with Crippen molar-refractivity contribution in [2.45, 2.75) is 25.6 Å². The van der Waals surface area contributed by atoms with Crippen molar-refractivity contribution in [3.63, 3.8) is 0 Å². The number of nitrogens with one attached hydrogen (secondary N) is 2. The number of aliphatic hydroxyl groups is 1. The van der Waals surface area contributed by atoms with E-state index in [-0.39, 0.29) is 17.4 Å². The van der Waals surface area contributed by atoms with Gasteiger partial charge >= 0.3 is 6.18 Å². The van der Waals surface area contributed by atoms with Crippen molar-refractivity contribution in [1.29, 1.82) is 0 Å². The second-order valence-electron chi connectivity index (χ2n) is 10.1. The molecule has 1 heterocycles. The summed E-state index contributed by atoms with van der Waals surface area (Å²) in [7, 11) is 3.81. The summed E-state index contributed by atoms with van der Waals surface area (Å²) in [5, 5.41) is 17.6. The highest BCUT2D eigenvalue weighted by molar-refractivity contribution is 6.02. The fraction of sp³-hybridized carbons (Fsp3) is 0.233. The van der Waals surface area contributed by atoms with Gasteiger partial charge in [0.25, 0.3) is 0 Å². The molecule has 41 heavy (non-hydrogen) atoms. The monoisotopic (exact) mass is 565 g/mol. The number of amides is 1. The van der Waals surface area contributed by atoms with E-state index in [1.165, 1.54) is 24.5 Å². The maximum absolute atomic E-state index is 13.1. The lowest BCUT2D eigenvalue weighted by molar-refractivity contribution is -0.137. The Bertz CT molecular complexity index is 1580. The lowest BCUT2D eigenvalue weighted by Crippen LogP contribution is -2.18. The van der Waals surface area contributed by atoms with Gasteiger partial charge in [-0.1, -0.05) is 12.1 Å². The molecule has 11 heteroatoms. The largest absolute Gasteiger partial charge is 0.457 e. The van der Waals surface area contributed by atoms with E-state index < -0.39 is 17.3 Å². The Balaban J connectivity index is 1.62. The van der Waals surface area contributed by atoms with Gasteiger partial charge in [0.05, 0.1) is 16.7 Å². The number of halogens is 3. The van der Waals surface area contributed by atoms with Gasteiger partial charge in [0.15, 0.2) is 0 Å². The van der Waals surface area contributed by atoms with Crippen molar-refractivity contribution in [3.05, 3.63) is 90.3 Å². The number of alkyl halides is 3. The van der Waals surface area contributed by atoms with Crippen LogP contribution in [0.5, 0.6) is 11.5 Å². The van der Waals surface area contributed by atoms with E-state index >= 15 is 0 Å². The number of aromatic nitrogens is 2. The molecule has 0 saturated carbocycles. The summed E-state index contributed by atoms with van der Waals surface area (Å²) >= 11 is 0. The summed E-state index contributed by atoms with van der Waals surface area (Å²) < 4.78 is 45.1. The van der Waals surface area contributed by atoms with E-state index in [0.717, 1.165) is 12.1 Å². The fourth-order valence-corrected chi connectivity index (χ4v) is 3.99. The zero-order chi connectivity index (χ0) is 29.8. The first-order valence-corrected chi connectivity index (χ1v) is 12.7. The van der Waals surface area contributed by atoms with Crippen LogP contribution in [0.3, 0.4) is 0 Å². The molecule has 1 amide bonds. The average molecular weight is 566 g/mol. The molecule has 4 aromatic rings. The van der Waals surface area contributed by atoms with Crippen molar-refractivity contribution >= 4 is 34.0 Å². The molecule has 0 aliphatic carbocycles. The van der Waals surface area contributed by atoms with E-state index in [2.05, 4.69) is 20.6 Å². The third-order valence-electron chi connectivity index (χ3n) is 5.94. The second-order valence-corrected chi connectivity index (χ2v) is 10.1. The van der Waals surface area contributed by atoms with Crippen LogP contribution in [0.4, 0.5) is 30.4 Å². The predicted octanol–water partition coefficient (Wildman–Crippen LogP) is 6.47. The zero-order valence-electron chi connectivity index (χ0n) is 23.0. The minimum Gasteiger partial charge on any atom is -0.457 e. The quantitative estimate of drug-likeness (QED) is 0.200. The molecule has 0 spiro atoms. The van der Waals surface area contributed by atoms with E-state index in [9.17, 15) is 23.1 Å². The van der Waals surface area contributed by atoms with E-state index in [1.54, 1.807) is 56.3 Å². The predicted molar refractivity (Wildman–Crippen MR) is 152 cm³/mol. The number of fused-ring (bicyclic) bond motifs is 1. The number of anilines is 3. The minimum atomic E-state index is -4.50. The van der Waals surface area contributed by atoms with Crippen molar-refractivity contribution in [2.24, 2.45) is 0 Å². The second kappa shape index (κ2) is 11.9. The lowest BCUT2D eigenvalue weighted by Gasteiger charge is -2.23. The number of rotatable bonds is 9. The van der Waals surface area contributed by atoms with Crippen LogP contribution in [0.15, 0.2) is 79.1 Å². The number of likely N-dealkylation sites (N-methyl/N-ethyl adjacent to an activating group) is 1. The van der Waals surface area contributed by atoms with E-state index in [4.69, 9.17) is 4.74 Å². The molecule has 0 aliphatic rings. The molecular weight excluding hydrogens is 535 g/mol. The molecule has 214 valence electrons. The SMILES string of the molecule is CN(C)C/C=C/C(=O)Nc1ccc2ncnc(Nc3ccc(Oc4cccc(C(F)(F)F)c4)cc3C(C)(C)O)c2c1. The summed E-state index contributed by atoms with van der Waals surface area (Å²) in [6, 6.07) is 14.6. The number of hydrogen-bond donors (Lipinski definition) is 3. The maximum atomic E-state index is 13.1. The van der Waals surface area contributed by atoms with Crippen molar-refractivity contribution in [2.75, 3.05) is 31.3 Å². The Kier molecular flexibility index (Phi) is 8.60. The summed E-state index contributed by atoms with van der Waals surface area (Å²) in [5.41, 5.74) is -0.0950. The molecule has 4 rings (SSSR count). The van der Waals surface area contributed by atoms with Crippen molar-refractivity contribution in [3.8, 4) is 11.5 Å². The average Bonchev–Trinajstić information content (AvgIpc) is 2.89. The van der Waals surface area contributed by atoms with Crippen LogP contribution < -0.4 is 15.4 Å². The van der Waals surface area contributed by atoms with Crippen LogP contribution in [-0.4, -0.2) is 46.5 Å². The van der Waals surface area contributed by atoms with Gasteiger partial charge in [0.1, 0.15) is 23.6 Å². The Morgan fingerprint density at radius 2 is 1.78 bits per heavy atom. The molecule has 1 aromatic heterocycles. The number of carbonyl (C=O) groups excluding carboxylic acids is 1. The van der Waals surface area contributed by atoms with Gasteiger partial charge in [-0.15, -0.1) is 0 Å². The topological polar surface area (TPSA) is 99.6 Å². The molecular formula is C30H30F3N5O3. The number of benzene rings is 3. The Morgan fingerprint density at radius 1 is 1.02 bits per heavy atom. The first kappa shape index (κ1) is 29.5. The van der Waals surface area contributed by atoms with E-state index in [0.29, 0.717) is 40.2 Å². The summed E-state index contributed by atoms with van der Waals surface area (Å²) in [6.07, 6.45) is 0.105. The molecule has 3 N–H and O–H groups in total. The Hall–Kier alpha value is -4.48. The highest BCUT2D eigenvalue weighted by Crippen LogP contribution is 2.37. The maximum Gasteiger partial charge on any atom is 0.416 e. The van der Waals surface area contributed by atoms with Crippen LogP contribution in [0, 0.1) is 0 Å². The van der Waals surface area contributed by atoms with Gasteiger partial charge in [-0.25, -0.2) is 9.97 Å². The number of carbonyl (C=O) groups is 1. The summed E-state index contributed by atoms with van der Waals surface area (Å²) in [6.45, 7) is 3.79. The molecule has 0 bridgehead atoms. The van der Waals surface area contributed by atoms with Crippen LogP contribution in [0.1, 0.15) is 25.0 Å². The van der Waals surface area contributed by atoms with Gasteiger partial charge in [-0.05, 0) is 82.5 Å². The van der Waals surface area contributed by atoms with Crippen LogP contribution in [-0.2, 0) is 16.6 Å². The van der Waals surface area contributed by atoms with Gasteiger partial charge in [-0.2, -0.15) is 13.2 Å². The molecule has 8 nitrogen and oxygen atoms in total. The first-order chi connectivity index (χ1) is 19.3. The number of ether oxygens (including phenoxy) is 1. The zero-order valence-corrected chi connectivity index (χ0v) is 23.0. The molecule has 0 fully saturated rings. The number of nitrogens with zero attached hydrogens (tertiary/aromatic N) is 3. The van der Waals surface area contributed by atoms with Gasteiger partial charge in [-0.3, -0.25) is 4.79 Å². The van der Waals surface area contributed by atoms with Crippen LogP contribution in [0.2, 0.25) is 0 Å². The molecule has 3 aromatic carbocycles. The highest BCUT2D eigenvalue weighted by atomic mass is 19.4. The summed E-state index contributed by atoms with van der Waals surface area (Å²) in [4.78, 5) is 22.9. The van der Waals surface area contributed by atoms with Gasteiger partial charge in [0.2, 0.25) is 5.91 Å². The molecule has 0 unspecified atom stereocenters.